The third kappa shape index (κ3) is 4.37. The normalized spacial score (nSPS) is 14.3. The number of anilines is 1. The van der Waals surface area contributed by atoms with Gasteiger partial charge in [-0.3, -0.25) is 10.1 Å². The maximum Gasteiger partial charge on any atom is 0.419 e. The summed E-state index contributed by atoms with van der Waals surface area (Å²) in [4.78, 5) is 14.9. The van der Waals surface area contributed by atoms with Gasteiger partial charge in [0.1, 0.15) is 17.8 Å². The second-order valence-electron chi connectivity index (χ2n) is 6.68. The Morgan fingerprint density at radius 1 is 1.30 bits per heavy atom. The molecule has 0 atom stereocenters. The molecule has 2 aromatic heterocycles. The standard InChI is InChI=1S/C18H20ClF3N4O/c1-10-7-14(11(2)26(10)13-3-4-13)17(27)24-6-5-23-16-15(19)8-12(9-25-16)18(20,21)22/h7-9,13H,3-6H2,1-2H3,(H,23,25)(H,24,27)/p+1. The first-order valence-electron chi connectivity index (χ1n) is 8.67. The van der Waals surface area contributed by atoms with Crippen LogP contribution in [0.15, 0.2) is 18.3 Å². The minimum atomic E-state index is -4.46. The van der Waals surface area contributed by atoms with Crippen LogP contribution < -0.4 is 15.6 Å². The summed E-state index contributed by atoms with van der Waals surface area (Å²) in [5.41, 5.74) is 1.83. The summed E-state index contributed by atoms with van der Waals surface area (Å²) in [6, 6.07) is 3.24. The smallest absolute Gasteiger partial charge is 0.348 e. The molecule has 3 N–H and O–H groups in total. The summed E-state index contributed by atoms with van der Waals surface area (Å²) in [5, 5.41) is 5.63. The zero-order valence-corrected chi connectivity index (χ0v) is 15.8. The van der Waals surface area contributed by atoms with Gasteiger partial charge in [-0.25, -0.2) is 4.98 Å². The number of rotatable bonds is 6. The Kier molecular flexibility index (Phi) is 5.37. The number of pyridine rings is 1. The molecule has 0 saturated heterocycles. The molecule has 1 aliphatic carbocycles. The molecule has 2 heterocycles. The number of amides is 1. The predicted octanol–water partition coefficient (Wildman–Crippen LogP) is 3.77. The van der Waals surface area contributed by atoms with Gasteiger partial charge >= 0.3 is 6.18 Å². The summed E-state index contributed by atoms with van der Waals surface area (Å²) in [6.07, 6.45) is -1.32. The predicted molar refractivity (Wildman–Crippen MR) is 96.0 cm³/mol. The number of alkyl halides is 3. The van der Waals surface area contributed by atoms with Crippen LogP contribution in [0.4, 0.5) is 19.0 Å². The minimum absolute atomic E-state index is 0.0656. The van der Waals surface area contributed by atoms with E-state index in [2.05, 4.69) is 20.2 Å². The molecule has 0 bridgehead atoms. The van der Waals surface area contributed by atoms with Gasteiger partial charge in [0, 0.05) is 17.4 Å². The zero-order valence-electron chi connectivity index (χ0n) is 15.0. The van der Waals surface area contributed by atoms with E-state index >= 15 is 0 Å². The zero-order chi connectivity index (χ0) is 19.8. The van der Waals surface area contributed by atoms with Crippen molar-refractivity contribution in [3.63, 3.8) is 0 Å². The number of halogens is 4. The monoisotopic (exact) mass is 401 g/mol. The number of aromatic nitrogens is 2. The van der Waals surface area contributed by atoms with Gasteiger partial charge in [-0.15, -0.1) is 0 Å². The molecule has 146 valence electrons. The average molecular weight is 402 g/mol. The fourth-order valence-electron chi connectivity index (χ4n) is 3.13. The highest BCUT2D eigenvalue weighted by atomic mass is 35.5. The van der Waals surface area contributed by atoms with E-state index in [4.69, 9.17) is 11.6 Å². The Morgan fingerprint density at radius 3 is 2.59 bits per heavy atom. The number of hydrogen-bond donors (Lipinski definition) is 2. The molecule has 2 aromatic rings. The molecule has 9 heteroatoms. The van der Waals surface area contributed by atoms with Gasteiger partial charge in [0.2, 0.25) is 0 Å². The molecule has 1 aliphatic rings. The number of nitrogens with one attached hydrogen (secondary N) is 3. The number of aromatic amines is 1. The summed E-state index contributed by atoms with van der Waals surface area (Å²) in [5.74, 6) is 0.102. The van der Waals surface area contributed by atoms with Crippen molar-refractivity contribution in [2.24, 2.45) is 0 Å². The van der Waals surface area contributed by atoms with Crippen LogP contribution in [0.5, 0.6) is 0 Å². The van der Waals surface area contributed by atoms with E-state index < -0.39 is 11.7 Å². The number of carbonyl (C=O) groups is 1. The van der Waals surface area contributed by atoms with Crippen LogP contribution in [-0.4, -0.2) is 23.6 Å². The lowest BCUT2D eigenvalue weighted by Crippen LogP contribution is -2.30. The number of hydrogen-bond acceptors (Lipinski definition) is 2. The van der Waals surface area contributed by atoms with Crippen LogP contribution in [0.3, 0.4) is 0 Å². The van der Waals surface area contributed by atoms with Crippen molar-refractivity contribution in [2.75, 3.05) is 18.4 Å². The summed E-state index contributed by atoms with van der Waals surface area (Å²) < 4.78 is 40.1. The van der Waals surface area contributed by atoms with Crippen molar-refractivity contribution in [1.29, 1.82) is 0 Å². The fourth-order valence-corrected chi connectivity index (χ4v) is 3.37. The van der Waals surface area contributed by atoms with Crippen LogP contribution in [-0.2, 0) is 6.18 Å². The van der Waals surface area contributed by atoms with Crippen molar-refractivity contribution >= 4 is 23.3 Å². The van der Waals surface area contributed by atoms with Crippen LogP contribution in [0.25, 0.3) is 0 Å². The van der Waals surface area contributed by atoms with Gasteiger partial charge in [0.25, 0.3) is 11.7 Å². The molecule has 1 saturated carbocycles. The van der Waals surface area contributed by atoms with E-state index in [1.54, 1.807) is 0 Å². The molecule has 1 amide bonds. The SMILES string of the molecule is Cc1cc(C(=O)NCCNc2[nH+]cc(C(F)(F)F)cc2Cl)c(C)n1C1CC1. The van der Waals surface area contributed by atoms with E-state index in [-0.39, 0.29) is 16.7 Å². The van der Waals surface area contributed by atoms with Gasteiger partial charge in [0.05, 0.1) is 17.7 Å². The third-order valence-corrected chi connectivity index (χ3v) is 4.87. The van der Waals surface area contributed by atoms with Gasteiger partial charge in [-0.1, -0.05) is 11.6 Å². The second kappa shape index (κ2) is 7.42. The Hall–Kier alpha value is -2.22. The first-order valence-corrected chi connectivity index (χ1v) is 9.05. The van der Waals surface area contributed by atoms with Crippen molar-refractivity contribution in [1.82, 2.24) is 9.88 Å². The van der Waals surface area contributed by atoms with Gasteiger partial charge in [-0.2, -0.15) is 13.2 Å². The first kappa shape index (κ1) is 19.5. The molecular weight excluding hydrogens is 381 g/mol. The lowest BCUT2D eigenvalue weighted by atomic mass is 10.2. The summed E-state index contributed by atoms with van der Waals surface area (Å²) in [7, 11) is 0. The Morgan fingerprint density at radius 2 is 2.00 bits per heavy atom. The average Bonchev–Trinajstić information content (AvgIpc) is 3.36. The van der Waals surface area contributed by atoms with Crippen molar-refractivity contribution in [2.45, 2.75) is 38.9 Å². The molecule has 0 spiro atoms. The van der Waals surface area contributed by atoms with E-state index in [1.165, 1.54) is 0 Å². The van der Waals surface area contributed by atoms with E-state index in [0.717, 1.165) is 36.5 Å². The van der Waals surface area contributed by atoms with E-state index in [0.29, 0.717) is 24.7 Å². The minimum Gasteiger partial charge on any atom is -0.348 e. The van der Waals surface area contributed by atoms with Gasteiger partial charge < -0.3 is 9.88 Å². The molecular formula is C18H21ClF3N4O+. The molecule has 27 heavy (non-hydrogen) atoms. The number of H-pyrrole nitrogens is 1. The maximum atomic E-state index is 12.6. The summed E-state index contributed by atoms with van der Waals surface area (Å²) in [6.45, 7) is 4.55. The molecule has 0 aromatic carbocycles. The largest absolute Gasteiger partial charge is 0.419 e. The van der Waals surface area contributed by atoms with Crippen molar-refractivity contribution < 1.29 is 22.9 Å². The van der Waals surface area contributed by atoms with Crippen molar-refractivity contribution in [3.05, 3.63) is 45.9 Å². The highest BCUT2D eigenvalue weighted by Gasteiger charge is 2.33. The van der Waals surface area contributed by atoms with E-state index in [9.17, 15) is 18.0 Å². The second-order valence-corrected chi connectivity index (χ2v) is 7.08. The maximum absolute atomic E-state index is 12.6. The first-order chi connectivity index (χ1) is 12.7. The Labute approximate surface area is 159 Å². The molecule has 0 aliphatic heterocycles. The van der Waals surface area contributed by atoms with Crippen LogP contribution >= 0.6 is 11.6 Å². The van der Waals surface area contributed by atoms with Crippen LogP contribution in [0.1, 0.15) is 46.2 Å². The Balaban J connectivity index is 1.53. The Bertz CT molecular complexity index is 859. The molecule has 1 fully saturated rings. The lowest BCUT2D eigenvalue weighted by Gasteiger charge is -2.08. The summed E-state index contributed by atoms with van der Waals surface area (Å²) >= 11 is 5.87. The van der Waals surface area contributed by atoms with Crippen molar-refractivity contribution in [3.8, 4) is 0 Å². The topological polar surface area (TPSA) is 60.2 Å². The third-order valence-electron chi connectivity index (χ3n) is 4.57. The highest BCUT2D eigenvalue weighted by Crippen LogP contribution is 2.38. The quantitative estimate of drug-likeness (QED) is 0.724. The lowest BCUT2D eigenvalue weighted by molar-refractivity contribution is -0.364. The molecule has 0 radical (unpaired) electrons. The van der Waals surface area contributed by atoms with Gasteiger partial charge in [0.15, 0.2) is 0 Å². The number of nitrogens with zero attached hydrogens (tertiary/aromatic N) is 1. The van der Waals surface area contributed by atoms with E-state index in [1.807, 2.05) is 19.9 Å². The van der Waals surface area contributed by atoms with Crippen LogP contribution in [0, 0.1) is 13.8 Å². The fraction of sp³-hybridized carbons (Fsp3) is 0.444. The van der Waals surface area contributed by atoms with Crippen LogP contribution in [0.2, 0.25) is 5.02 Å². The highest BCUT2D eigenvalue weighted by molar-refractivity contribution is 6.32. The van der Waals surface area contributed by atoms with Gasteiger partial charge in [-0.05, 0) is 38.8 Å². The number of aryl methyl sites for hydroxylation is 1. The molecule has 3 rings (SSSR count). The molecule has 0 unspecified atom stereocenters. The number of carbonyl (C=O) groups excluding carboxylic acids is 1. The molecule has 5 nitrogen and oxygen atoms in total.